The molecule has 0 aromatic rings. The van der Waals surface area contributed by atoms with E-state index >= 15 is 0 Å². The zero-order chi connectivity index (χ0) is 14.3. The van der Waals surface area contributed by atoms with Crippen LogP contribution in [0.5, 0.6) is 0 Å². The lowest BCUT2D eigenvalue weighted by Crippen LogP contribution is -2.63. The summed E-state index contributed by atoms with van der Waals surface area (Å²) in [5.74, 6) is 0.160. The van der Waals surface area contributed by atoms with Gasteiger partial charge in [-0.15, -0.1) is 0 Å². The minimum Gasteiger partial charge on any atom is -0.343 e. The highest BCUT2D eigenvalue weighted by Gasteiger charge is 2.38. The van der Waals surface area contributed by atoms with Crippen LogP contribution in [-0.4, -0.2) is 35.3 Å². The molecular formula is C15H28N2O2. The summed E-state index contributed by atoms with van der Waals surface area (Å²) in [7, 11) is 0. The van der Waals surface area contributed by atoms with E-state index in [2.05, 4.69) is 19.2 Å². The van der Waals surface area contributed by atoms with Crippen LogP contribution in [-0.2, 0) is 9.59 Å². The average Bonchev–Trinajstić information content (AvgIpc) is 2.39. The molecule has 110 valence electrons. The zero-order valence-corrected chi connectivity index (χ0v) is 12.6. The maximum absolute atomic E-state index is 12.5. The minimum atomic E-state index is -0.299. The van der Waals surface area contributed by atoms with Crippen LogP contribution in [0.25, 0.3) is 0 Å². The van der Waals surface area contributed by atoms with Gasteiger partial charge in [0.2, 0.25) is 11.8 Å². The third-order valence-corrected chi connectivity index (χ3v) is 3.72. The highest BCUT2D eigenvalue weighted by atomic mass is 16.2. The van der Waals surface area contributed by atoms with Gasteiger partial charge >= 0.3 is 0 Å². The fraction of sp³-hybridized carbons (Fsp3) is 0.867. The third-order valence-electron chi connectivity index (χ3n) is 3.72. The van der Waals surface area contributed by atoms with Gasteiger partial charge in [-0.2, -0.15) is 0 Å². The molecule has 0 bridgehead atoms. The molecule has 1 saturated heterocycles. The van der Waals surface area contributed by atoms with Crippen molar-refractivity contribution in [1.82, 2.24) is 10.2 Å². The monoisotopic (exact) mass is 268 g/mol. The smallest absolute Gasteiger partial charge is 0.245 e. The van der Waals surface area contributed by atoms with E-state index in [1.54, 1.807) is 0 Å². The summed E-state index contributed by atoms with van der Waals surface area (Å²) >= 11 is 0. The van der Waals surface area contributed by atoms with Gasteiger partial charge in [0.1, 0.15) is 12.1 Å². The number of nitrogens with one attached hydrogen (secondary N) is 1. The molecular weight excluding hydrogens is 240 g/mol. The molecule has 2 unspecified atom stereocenters. The molecule has 1 rings (SSSR count). The molecule has 0 saturated carbocycles. The summed E-state index contributed by atoms with van der Waals surface area (Å²) in [6.45, 7) is 6.97. The molecule has 4 nitrogen and oxygen atoms in total. The molecule has 0 aliphatic carbocycles. The number of carbonyl (C=O) groups is 2. The van der Waals surface area contributed by atoms with E-state index in [1.807, 2.05) is 11.8 Å². The molecule has 2 amide bonds. The number of amides is 2. The van der Waals surface area contributed by atoms with Crippen molar-refractivity contribution in [2.75, 3.05) is 6.54 Å². The summed E-state index contributed by atoms with van der Waals surface area (Å²) in [4.78, 5) is 26.4. The van der Waals surface area contributed by atoms with E-state index in [0.29, 0.717) is 0 Å². The molecule has 1 fully saturated rings. The highest BCUT2D eigenvalue weighted by molar-refractivity contribution is 5.96. The number of carbonyl (C=O) groups excluding carboxylic acids is 2. The van der Waals surface area contributed by atoms with Crippen molar-refractivity contribution >= 4 is 11.8 Å². The second-order valence-corrected chi connectivity index (χ2v) is 5.39. The van der Waals surface area contributed by atoms with Crippen LogP contribution in [0.4, 0.5) is 0 Å². The fourth-order valence-electron chi connectivity index (χ4n) is 2.67. The van der Waals surface area contributed by atoms with Gasteiger partial charge in [-0.05, 0) is 19.3 Å². The molecule has 1 heterocycles. The Hall–Kier alpha value is -1.06. The second kappa shape index (κ2) is 8.18. The first-order chi connectivity index (χ1) is 9.15. The van der Waals surface area contributed by atoms with Gasteiger partial charge in [0.15, 0.2) is 0 Å². The largest absolute Gasteiger partial charge is 0.343 e. The van der Waals surface area contributed by atoms with E-state index < -0.39 is 0 Å². The van der Waals surface area contributed by atoms with Gasteiger partial charge in [-0.3, -0.25) is 9.59 Å². The Bertz CT molecular complexity index is 305. The molecule has 0 aromatic carbocycles. The fourth-order valence-corrected chi connectivity index (χ4v) is 2.67. The van der Waals surface area contributed by atoms with Crippen LogP contribution in [0.3, 0.4) is 0 Å². The van der Waals surface area contributed by atoms with Crippen LogP contribution < -0.4 is 5.32 Å². The Balaban J connectivity index is 2.74. The van der Waals surface area contributed by atoms with Gasteiger partial charge in [0, 0.05) is 6.54 Å². The predicted molar refractivity (Wildman–Crippen MR) is 76.8 cm³/mol. The van der Waals surface area contributed by atoms with Crippen molar-refractivity contribution in [1.29, 1.82) is 0 Å². The first-order valence-corrected chi connectivity index (χ1v) is 7.76. The Labute approximate surface area is 116 Å². The van der Waals surface area contributed by atoms with Gasteiger partial charge in [-0.25, -0.2) is 0 Å². The average molecular weight is 268 g/mol. The van der Waals surface area contributed by atoms with Crippen LogP contribution in [0.1, 0.15) is 65.7 Å². The van der Waals surface area contributed by atoms with Crippen molar-refractivity contribution in [2.45, 2.75) is 77.8 Å². The first-order valence-electron chi connectivity index (χ1n) is 7.76. The lowest BCUT2D eigenvalue weighted by atomic mass is 10.00. The molecule has 19 heavy (non-hydrogen) atoms. The summed E-state index contributed by atoms with van der Waals surface area (Å²) in [5, 5.41) is 2.89. The number of hydrogen-bond donors (Lipinski definition) is 1. The lowest BCUT2D eigenvalue weighted by Gasteiger charge is -2.39. The maximum Gasteiger partial charge on any atom is 0.245 e. The lowest BCUT2D eigenvalue weighted by molar-refractivity contribution is -0.149. The van der Waals surface area contributed by atoms with Gasteiger partial charge in [0.25, 0.3) is 0 Å². The minimum absolute atomic E-state index is 0.0383. The maximum atomic E-state index is 12.5. The van der Waals surface area contributed by atoms with Gasteiger partial charge in [-0.1, -0.05) is 46.5 Å². The molecule has 2 atom stereocenters. The number of hydrogen-bond acceptors (Lipinski definition) is 2. The molecule has 0 radical (unpaired) electrons. The molecule has 0 spiro atoms. The Kier molecular flexibility index (Phi) is 6.89. The topological polar surface area (TPSA) is 49.4 Å². The van der Waals surface area contributed by atoms with Crippen LogP contribution >= 0.6 is 0 Å². The van der Waals surface area contributed by atoms with Crippen LogP contribution in [0.15, 0.2) is 0 Å². The summed E-state index contributed by atoms with van der Waals surface area (Å²) in [6, 6.07) is -0.547. The molecule has 1 aliphatic rings. The normalized spacial score (nSPS) is 23.6. The van der Waals surface area contributed by atoms with E-state index in [9.17, 15) is 9.59 Å². The van der Waals surface area contributed by atoms with Crippen molar-refractivity contribution < 1.29 is 9.59 Å². The van der Waals surface area contributed by atoms with Gasteiger partial charge < -0.3 is 10.2 Å². The molecule has 4 heteroatoms. The van der Waals surface area contributed by atoms with Crippen LogP contribution in [0, 0.1) is 0 Å². The predicted octanol–water partition coefficient (Wildman–Crippen LogP) is 2.47. The number of rotatable bonds is 8. The van der Waals surface area contributed by atoms with E-state index in [-0.39, 0.29) is 23.9 Å². The van der Waals surface area contributed by atoms with Gasteiger partial charge in [0.05, 0.1) is 0 Å². The summed E-state index contributed by atoms with van der Waals surface area (Å²) in [5.41, 5.74) is 0. The van der Waals surface area contributed by atoms with Crippen LogP contribution in [0.2, 0.25) is 0 Å². The van der Waals surface area contributed by atoms with Crippen molar-refractivity contribution in [3.8, 4) is 0 Å². The van der Waals surface area contributed by atoms with Crippen molar-refractivity contribution in [3.63, 3.8) is 0 Å². The number of unbranched alkanes of at least 4 members (excludes halogenated alkanes) is 2. The van der Waals surface area contributed by atoms with Crippen molar-refractivity contribution in [2.24, 2.45) is 0 Å². The summed E-state index contributed by atoms with van der Waals surface area (Å²) in [6.07, 6.45) is 6.59. The SMILES string of the molecule is CCCCCN1C(=O)C(CCC)NC(=O)C1CCC. The summed E-state index contributed by atoms with van der Waals surface area (Å²) < 4.78 is 0. The number of nitrogens with zero attached hydrogens (tertiary/aromatic N) is 1. The first kappa shape index (κ1) is 16.0. The number of piperazine rings is 1. The Morgan fingerprint density at radius 1 is 1.00 bits per heavy atom. The Morgan fingerprint density at radius 3 is 2.26 bits per heavy atom. The molecule has 1 aliphatic heterocycles. The highest BCUT2D eigenvalue weighted by Crippen LogP contribution is 2.18. The second-order valence-electron chi connectivity index (χ2n) is 5.39. The quantitative estimate of drug-likeness (QED) is 0.688. The standard InChI is InChI=1S/C15H28N2O2/c1-4-7-8-11-17-13(10-6-3)14(18)16-12(9-5-2)15(17)19/h12-13H,4-11H2,1-3H3,(H,16,18). The van der Waals surface area contributed by atoms with E-state index in [1.165, 1.54) is 0 Å². The van der Waals surface area contributed by atoms with E-state index in [0.717, 1.165) is 51.5 Å². The molecule has 1 N–H and O–H groups in total. The third kappa shape index (κ3) is 4.22. The van der Waals surface area contributed by atoms with Crippen molar-refractivity contribution in [3.05, 3.63) is 0 Å². The molecule has 0 aromatic heterocycles. The Morgan fingerprint density at radius 2 is 1.68 bits per heavy atom. The van der Waals surface area contributed by atoms with E-state index in [4.69, 9.17) is 0 Å². The zero-order valence-electron chi connectivity index (χ0n) is 12.6.